The molecule has 118 valence electrons. The van der Waals surface area contributed by atoms with E-state index >= 15 is 0 Å². The lowest BCUT2D eigenvalue weighted by molar-refractivity contribution is -0.142. The third-order valence-corrected chi connectivity index (χ3v) is 3.42. The van der Waals surface area contributed by atoms with Gasteiger partial charge in [-0.1, -0.05) is 25.1 Å². The van der Waals surface area contributed by atoms with Crippen molar-refractivity contribution < 1.29 is 14.7 Å². The van der Waals surface area contributed by atoms with Gasteiger partial charge in [-0.25, -0.2) is 0 Å². The number of halogens is 1. The molecule has 1 unspecified atom stereocenters. The van der Waals surface area contributed by atoms with Gasteiger partial charge < -0.3 is 10.4 Å². The summed E-state index contributed by atoms with van der Waals surface area (Å²) < 4.78 is 0. The van der Waals surface area contributed by atoms with Crippen LogP contribution in [0.2, 0.25) is 0 Å². The largest absolute Gasteiger partial charge is 0.480 e. The van der Waals surface area contributed by atoms with E-state index in [0.717, 1.165) is 23.2 Å². The van der Waals surface area contributed by atoms with Gasteiger partial charge in [0, 0.05) is 5.69 Å². The van der Waals surface area contributed by atoms with Gasteiger partial charge in [0.25, 0.3) is 0 Å². The molecule has 0 aliphatic heterocycles. The number of aryl methyl sites for hydroxylation is 2. The van der Waals surface area contributed by atoms with Gasteiger partial charge in [-0.2, -0.15) is 0 Å². The van der Waals surface area contributed by atoms with Gasteiger partial charge in [-0.05, 0) is 38.4 Å². The van der Waals surface area contributed by atoms with Gasteiger partial charge in [-0.3, -0.25) is 14.5 Å². The number of carboxylic acid groups (broad SMARTS) is 1. The molecule has 0 fully saturated rings. The van der Waals surface area contributed by atoms with Crippen LogP contribution >= 0.6 is 12.4 Å². The van der Waals surface area contributed by atoms with E-state index in [2.05, 4.69) is 5.32 Å². The van der Waals surface area contributed by atoms with E-state index in [1.807, 2.05) is 32.0 Å². The van der Waals surface area contributed by atoms with Crippen LogP contribution in [0.4, 0.5) is 5.69 Å². The van der Waals surface area contributed by atoms with Gasteiger partial charge in [0.15, 0.2) is 0 Å². The maximum absolute atomic E-state index is 12.0. The number of aliphatic carboxylic acids is 1. The number of nitrogens with zero attached hydrogens (tertiary/aromatic N) is 1. The molecule has 0 saturated carbocycles. The molecule has 21 heavy (non-hydrogen) atoms. The summed E-state index contributed by atoms with van der Waals surface area (Å²) in [6.45, 7) is 5.58. The number of likely N-dealkylation sites (N-methyl/N-ethyl adjacent to an activating group) is 1. The molecule has 2 N–H and O–H groups in total. The zero-order chi connectivity index (χ0) is 15.3. The summed E-state index contributed by atoms with van der Waals surface area (Å²) in [6, 6.07) is 5.19. The van der Waals surface area contributed by atoms with E-state index in [1.165, 1.54) is 4.90 Å². The Morgan fingerprint density at radius 1 is 1.38 bits per heavy atom. The molecule has 1 rings (SSSR count). The number of rotatable bonds is 6. The first kappa shape index (κ1) is 19.4. The number of hydrogen-bond acceptors (Lipinski definition) is 3. The van der Waals surface area contributed by atoms with Crippen LogP contribution in [0.3, 0.4) is 0 Å². The summed E-state index contributed by atoms with van der Waals surface area (Å²) in [5.41, 5.74) is 2.91. The second-order valence-electron chi connectivity index (χ2n) is 4.94. The van der Waals surface area contributed by atoms with E-state index in [4.69, 9.17) is 5.11 Å². The normalized spacial score (nSPS) is 11.7. The molecular weight excluding hydrogens is 292 g/mol. The summed E-state index contributed by atoms with van der Waals surface area (Å²) in [4.78, 5) is 24.4. The van der Waals surface area contributed by atoms with Crippen LogP contribution in [-0.2, 0) is 16.0 Å². The predicted octanol–water partition coefficient (Wildman–Crippen LogP) is 2.32. The van der Waals surface area contributed by atoms with E-state index in [1.54, 1.807) is 14.0 Å². The third-order valence-electron chi connectivity index (χ3n) is 3.42. The highest BCUT2D eigenvalue weighted by molar-refractivity contribution is 5.94. The van der Waals surface area contributed by atoms with Crippen LogP contribution in [0.25, 0.3) is 0 Å². The number of benzene rings is 1. The maximum Gasteiger partial charge on any atom is 0.320 e. The van der Waals surface area contributed by atoms with Crippen molar-refractivity contribution in [2.45, 2.75) is 33.2 Å². The highest BCUT2D eigenvalue weighted by Gasteiger charge is 2.19. The van der Waals surface area contributed by atoms with E-state index in [9.17, 15) is 9.59 Å². The highest BCUT2D eigenvalue weighted by Crippen LogP contribution is 2.20. The Hall–Kier alpha value is -1.59. The van der Waals surface area contributed by atoms with Crippen molar-refractivity contribution in [3.05, 3.63) is 29.3 Å². The summed E-state index contributed by atoms with van der Waals surface area (Å²) in [6.07, 6.45) is 0.832. The Balaban J connectivity index is 0.00000400. The van der Waals surface area contributed by atoms with Crippen molar-refractivity contribution >= 4 is 30.0 Å². The van der Waals surface area contributed by atoms with Gasteiger partial charge in [0.2, 0.25) is 5.91 Å². The fraction of sp³-hybridized carbons (Fsp3) is 0.467. The maximum atomic E-state index is 12.0. The Morgan fingerprint density at radius 3 is 2.52 bits per heavy atom. The zero-order valence-electron chi connectivity index (χ0n) is 12.8. The fourth-order valence-electron chi connectivity index (χ4n) is 1.93. The van der Waals surface area contributed by atoms with Crippen molar-refractivity contribution in [2.75, 3.05) is 18.9 Å². The van der Waals surface area contributed by atoms with E-state index in [0.29, 0.717) is 0 Å². The number of carboxylic acids is 1. The Kier molecular flexibility index (Phi) is 7.99. The van der Waals surface area contributed by atoms with Crippen LogP contribution in [0.15, 0.2) is 18.2 Å². The smallest absolute Gasteiger partial charge is 0.320 e. The molecule has 1 aromatic rings. The van der Waals surface area contributed by atoms with Crippen LogP contribution in [-0.4, -0.2) is 41.5 Å². The number of nitrogens with one attached hydrogen (secondary N) is 1. The number of hydrogen-bond donors (Lipinski definition) is 2. The molecule has 0 saturated heterocycles. The lowest BCUT2D eigenvalue weighted by Crippen LogP contribution is -2.40. The van der Waals surface area contributed by atoms with Crippen LogP contribution < -0.4 is 5.32 Å². The molecule has 6 heteroatoms. The van der Waals surface area contributed by atoms with E-state index < -0.39 is 12.0 Å². The minimum absolute atomic E-state index is 0. The second-order valence-corrected chi connectivity index (χ2v) is 4.94. The molecule has 0 aliphatic rings. The first-order valence-electron chi connectivity index (χ1n) is 6.68. The topological polar surface area (TPSA) is 69.6 Å². The van der Waals surface area contributed by atoms with Crippen molar-refractivity contribution in [2.24, 2.45) is 0 Å². The Bertz CT molecular complexity index is 506. The molecule has 0 spiro atoms. The summed E-state index contributed by atoms with van der Waals surface area (Å²) in [5, 5.41) is 11.8. The molecular formula is C15H23ClN2O3. The molecule has 0 aliphatic carbocycles. The number of carbonyl (C=O) groups excluding carboxylic acids is 1. The molecule has 0 aromatic heterocycles. The average molecular weight is 315 g/mol. The average Bonchev–Trinajstić information content (AvgIpc) is 2.39. The first-order chi connectivity index (χ1) is 9.36. The molecule has 0 heterocycles. The van der Waals surface area contributed by atoms with Crippen LogP contribution in [0.5, 0.6) is 0 Å². The van der Waals surface area contributed by atoms with Crippen molar-refractivity contribution in [1.29, 1.82) is 0 Å². The van der Waals surface area contributed by atoms with Gasteiger partial charge >= 0.3 is 5.97 Å². The first-order valence-corrected chi connectivity index (χ1v) is 6.68. The molecule has 0 radical (unpaired) electrons. The summed E-state index contributed by atoms with van der Waals surface area (Å²) >= 11 is 0. The van der Waals surface area contributed by atoms with Crippen molar-refractivity contribution in [1.82, 2.24) is 4.90 Å². The van der Waals surface area contributed by atoms with Gasteiger partial charge in [0.1, 0.15) is 6.04 Å². The molecule has 1 amide bonds. The Labute approximate surface area is 131 Å². The number of amides is 1. The Morgan fingerprint density at radius 2 is 2.00 bits per heavy atom. The van der Waals surface area contributed by atoms with Crippen molar-refractivity contribution in [3.63, 3.8) is 0 Å². The minimum Gasteiger partial charge on any atom is -0.480 e. The second kappa shape index (κ2) is 8.64. The molecule has 1 atom stereocenters. The van der Waals surface area contributed by atoms with Crippen LogP contribution in [0.1, 0.15) is 25.0 Å². The number of para-hydroxylation sites is 1. The SMILES string of the molecule is CCc1cccc(C)c1NC(=O)CN(C)C(C)C(=O)O.Cl. The monoisotopic (exact) mass is 314 g/mol. The summed E-state index contributed by atoms with van der Waals surface area (Å²) in [5.74, 6) is -1.14. The fourth-order valence-corrected chi connectivity index (χ4v) is 1.93. The highest BCUT2D eigenvalue weighted by atomic mass is 35.5. The lowest BCUT2D eigenvalue weighted by atomic mass is 10.1. The van der Waals surface area contributed by atoms with Gasteiger partial charge in [-0.15, -0.1) is 12.4 Å². The quantitative estimate of drug-likeness (QED) is 0.845. The number of carbonyl (C=O) groups is 2. The summed E-state index contributed by atoms with van der Waals surface area (Å²) in [7, 11) is 1.62. The van der Waals surface area contributed by atoms with Crippen LogP contribution in [0, 0.1) is 6.92 Å². The molecule has 1 aromatic carbocycles. The lowest BCUT2D eigenvalue weighted by Gasteiger charge is -2.21. The molecule has 5 nitrogen and oxygen atoms in total. The zero-order valence-corrected chi connectivity index (χ0v) is 13.7. The van der Waals surface area contributed by atoms with Gasteiger partial charge in [0.05, 0.1) is 6.54 Å². The predicted molar refractivity (Wildman–Crippen MR) is 86.2 cm³/mol. The van der Waals surface area contributed by atoms with E-state index in [-0.39, 0.29) is 24.9 Å². The third kappa shape index (κ3) is 5.36. The standard InChI is InChI=1S/C15H22N2O3.ClH/c1-5-12-8-6-7-10(2)14(12)16-13(18)9-17(4)11(3)15(19)20;/h6-8,11H,5,9H2,1-4H3,(H,16,18)(H,19,20);1H. The van der Waals surface area contributed by atoms with Crippen molar-refractivity contribution in [3.8, 4) is 0 Å². The number of anilines is 1. The molecule has 0 bridgehead atoms. The minimum atomic E-state index is -0.939.